The first-order chi connectivity index (χ1) is 7.88. The molecule has 1 aromatic carbocycles. The van der Waals surface area contributed by atoms with Crippen LogP contribution < -0.4 is 0 Å². The fraction of sp³-hybridized carbons (Fsp3) is 0.0714. The maximum atomic E-state index is 8.96. The molecule has 0 atom stereocenters. The van der Waals surface area contributed by atoms with Crippen molar-refractivity contribution in [2.24, 2.45) is 0 Å². The van der Waals surface area contributed by atoms with Gasteiger partial charge in [0.15, 0.2) is 0 Å². The molecule has 0 saturated carbocycles. The number of pyridine rings is 1. The van der Waals surface area contributed by atoms with E-state index < -0.39 is 0 Å². The lowest BCUT2D eigenvalue weighted by Crippen LogP contribution is -1.89. The number of nitrogens with zero attached hydrogens (tertiary/aromatic N) is 1. The number of aliphatic hydroxyl groups is 1. The van der Waals surface area contributed by atoms with E-state index in [1.807, 2.05) is 54.6 Å². The first-order valence-electron chi connectivity index (χ1n) is 5.18. The molecule has 1 N–H and O–H groups in total. The van der Waals surface area contributed by atoms with Crippen molar-refractivity contribution in [3.8, 4) is 0 Å². The van der Waals surface area contributed by atoms with Gasteiger partial charge in [0.2, 0.25) is 0 Å². The second-order valence-electron chi connectivity index (χ2n) is 3.46. The fourth-order valence-electron chi connectivity index (χ4n) is 1.42. The molecule has 2 nitrogen and oxygen atoms in total. The number of hydrogen-bond acceptors (Lipinski definition) is 2. The topological polar surface area (TPSA) is 33.1 Å². The van der Waals surface area contributed by atoms with E-state index in [1.54, 1.807) is 6.07 Å². The highest BCUT2D eigenvalue weighted by Crippen LogP contribution is 2.06. The summed E-state index contributed by atoms with van der Waals surface area (Å²) in [5.41, 5.74) is 2.68. The van der Waals surface area contributed by atoms with E-state index in [4.69, 9.17) is 5.11 Å². The average molecular weight is 211 g/mol. The minimum Gasteiger partial charge on any atom is -0.390 e. The van der Waals surface area contributed by atoms with Gasteiger partial charge >= 0.3 is 0 Å². The van der Waals surface area contributed by atoms with E-state index in [9.17, 15) is 0 Å². The van der Waals surface area contributed by atoms with Crippen LogP contribution in [0.25, 0.3) is 12.2 Å². The van der Waals surface area contributed by atoms with E-state index in [-0.39, 0.29) is 6.61 Å². The van der Waals surface area contributed by atoms with Gasteiger partial charge < -0.3 is 5.11 Å². The summed E-state index contributed by atoms with van der Waals surface area (Å²) in [5, 5.41) is 8.96. The second-order valence-corrected chi connectivity index (χ2v) is 3.46. The molecular formula is C14H13NO. The Bertz CT molecular complexity index is 477. The zero-order chi connectivity index (χ0) is 11.2. The normalized spacial score (nSPS) is 10.8. The molecule has 80 valence electrons. The quantitative estimate of drug-likeness (QED) is 0.846. The van der Waals surface area contributed by atoms with Crippen LogP contribution in [0.1, 0.15) is 17.0 Å². The maximum absolute atomic E-state index is 8.96. The standard InChI is InChI=1S/C14H13NO/c16-11-14-8-4-7-13(15-14)10-9-12-5-2-1-3-6-12/h1-10,16H,11H2/b10-9+. The van der Waals surface area contributed by atoms with Crippen LogP contribution in [0.2, 0.25) is 0 Å². The molecule has 0 aliphatic carbocycles. The highest BCUT2D eigenvalue weighted by molar-refractivity contribution is 5.67. The molecule has 2 rings (SSSR count). The minimum absolute atomic E-state index is 0.0208. The van der Waals surface area contributed by atoms with Gasteiger partial charge in [-0.25, -0.2) is 0 Å². The fourth-order valence-corrected chi connectivity index (χ4v) is 1.42. The third-order valence-corrected chi connectivity index (χ3v) is 2.24. The van der Waals surface area contributed by atoms with Gasteiger partial charge in [-0.1, -0.05) is 42.5 Å². The van der Waals surface area contributed by atoms with Crippen molar-refractivity contribution in [3.63, 3.8) is 0 Å². The number of aliphatic hydroxyl groups excluding tert-OH is 1. The van der Waals surface area contributed by atoms with Crippen LogP contribution in [-0.2, 0) is 6.61 Å². The lowest BCUT2D eigenvalue weighted by molar-refractivity contribution is 0.277. The summed E-state index contributed by atoms with van der Waals surface area (Å²) in [4.78, 5) is 4.27. The molecule has 16 heavy (non-hydrogen) atoms. The third kappa shape index (κ3) is 2.78. The summed E-state index contributed by atoms with van der Waals surface area (Å²) in [7, 11) is 0. The van der Waals surface area contributed by atoms with Crippen LogP contribution in [0.4, 0.5) is 0 Å². The number of aromatic nitrogens is 1. The molecule has 0 fully saturated rings. The van der Waals surface area contributed by atoms with Crippen LogP contribution in [0.3, 0.4) is 0 Å². The second kappa shape index (κ2) is 5.24. The van der Waals surface area contributed by atoms with E-state index in [0.717, 1.165) is 11.3 Å². The van der Waals surface area contributed by atoms with Crippen molar-refractivity contribution in [1.82, 2.24) is 4.98 Å². The molecule has 2 aromatic rings. The van der Waals surface area contributed by atoms with Gasteiger partial charge in [0, 0.05) is 0 Å². The highest BCUT2D eigenvalue weighted by Gasteiger charge is 1.92. The largest absolute Gasteiger partial charge is 0.390 e. The van der Waals surface area contributed by atoms with Crippen molar-refractivity contribution in [3.05, 3.63) is 65.5 Å². The molecular weight excluding hydrogens is 198 g/mol. The molecule has 2 heteroatoms. The predicted molar refractivity (Wildman–Crippen MR) is 65.5 cm³/mol. The van der Waals surface area contributed by atoms with E-state index in [0.29, 0.717) is 5.69 Å². The van der Waals surface area contributed by atoms with Crippen molar-refractivity contribution in [1.29, 1.82) is 0 Å². The summed E-state index contributed by atoms with van der Waals surface area (Å²) in [5.74, 6) is 0. The molecule has 1 aromatic heterocycles. The first-order valence-corrected chi connectivity index (χ1v) is 5.18. The van der Waals surface area contributed by atoms with Crippen molar-refractivity contribution >= 4 is 12.2 Å². The van der Waals surface area contributed by atoms with Crippen LogP contribution in [-0.4, -0.2) is 10.1 Å². The van der Waals surface area contributed by atoms with Gasteiger partial charge in [0.25, 0.3) is 0 Å². The lowest BCUT2D eigenvalue weighted by Gasteiger charge is -1.97. The predicted octanol–water partition coefficient (Wildman–Crippen LogP) is 2.74. The van der Waals surface area contributed by atoms with Crippen LogP contribution in [0, 0.1) is 0 Å². The Balaban J connectivity index is 2.17. The lowest BCUT2D eigenvalue weighted by atomic mass is 10.2. The summed E-state index contributed by atoms with van der Waals surface area (Å²) >= 11 is 0. The molecule has 0 saturated heterocycles. The monoisotopic (exact) mass is 211 g/mol. The third-order valence-electron chi connectivity index (χ3n) is 2.24. The van der Waals surface area contributed by atoms with Gasteiger partial charge in [0.1, 0.15) is 0 Å². The minimum atomic E-state index is -0.0208. The Morgan fingerprint density at radius 1 is 0.938 bits per heavy atom. The molecule has 0 bridgehead atoms. The van der Waals surface area contributed by atoms with Gasteiger partial charge in [-0.15, -0.1) is 0 Å². The molecule has 0 unspecified atom stereocenters. The van der Waals surface area contributed by atoms with Gasteiger partial charge in [-0.3, -0.25) is 4.98 Å². The Kier molecular flexibility index (Phi) is 3.46. The number of rotatable bonds is 3. The first kappa shape index (κ1) is 10.6. The molecule has 0 radical (unpaired) electrons. The molecule has 0 aliphatic heterocycles. The van der Waals surface area contributed by atoms with Crippen molar-refractivity contribution < 1.29 is 5.11 Å². The highest BCUT2D eigenvalue weighted by atomic mass is 16.3. The summed E-state index contributed by atoms with van der Waals surface area (Å²) < 4.78 is 0. The summed E-state index contributed by atoms with van der Waals surface area (Å²) in [6.45, 7) is -0.0208. The summed E-state index contributed by atoms with van der Waals surface area (Å²) in [6.07, 6.45) is 3.94. The number of benzene rings is 1. The SMILES string of the molecule is OCc1cccc(/C=C/c2ccccc2)n1. The zero-order valence-corrected chi connectivity index (χ0v) is 8.88. The zero-order valence-electron chi connectivity index (χ0n) is 8.88. The van der Waals surface area contributed by atoms with Crippen LogP contribution >= 0.6 is 0 Å². The molecule has 0 spiro atoms. The average Bonchev–Trinajstić information content (AvgIpc) is 2.38. The summed E-state index contributed by atoms with van der Waals surface area (Å²) in [6, 6.07) is 15.7. The molecule has 0 aliphatic rings. The maximum Gasteiger partial charge on any atom is 0.0853 e. The van der Waals surface area contributed by atoms with Gasteiger partial charge in [-0.2, -0.15) is 0 Å². The van der Waals surface area contributed by atoms with E-state index in [1.165, 1.54) is 0 Å². The van der Waals surface area contributed by atoms with Crippen molar-refractivity contribution in [2.45, 2.75) is 6.61 Å². The molecule has 1 heterocycles. The van der Waals surface area contributed by atoms with E-state index >= 15 is 0 Å². The number of hydrogen-bond donors (Lipinski definition) is 1. The Labute approximate surface area is 94.9 Å². The Morgan fingerprint density at radius 2 is 1.75 bits per heavy atom. The Morgan fingerprint density at radius 3 is 2.50 bits per heavy atom. The van der Waals surface area contributed by atoms with E-state index in [2.05, 4.69) is 4.98 Å². The smallest absolute Gasteiger partial charge is 0.0853 e. The van der Waals surface area contributed by atoms with Crippen LogP contribution in [0.15, 0.2) is 48.5 Å². The van der Waals surface area contributed by atoms with Crippen LogP contribution in [0.5, 0.6) is 0 Å². The van der Waals surface area contributed by atoms with Gasteiger partial charge in [0.05, 0.1) is 18.0 Å². The van der Waals surface area contributed by atoms with Gasteiger partial charge in [-0.05, 0) is 23.8 Å². The Hall–Kier alpha value is -1.93. The molecule has 0 amide bonds. The van der Waals surface area contributed by atoms with Crippen molar-refractivity contribution in [2.75, 3.05) is 0 Å².